The molecule has 0 aliphatic carbocycles. The van der Waals surface area contributed by atoms with Crippen LogP contribution >= 0.6 is 35.6 Å². The van der Waals surface area contributed by atoms with E-state index >= 15 is 0 Å². The molecule has 0 spiro atoms. The molecule has 0 saturated heterocycles. The molecule has 7 heteroatoms. The molecule has 2 aromatic carbocycles. The van der Waals surface area contributed by atoms with Gasteiger partial charge in [-0.3, -0.25) is 4.99 Å². The number of rotatable bonds is 5. The molecule has 0 saturated carbocycles. The monoisotopic (exact) mass is 473 g/mol. The van der Waals surface area contributed by atoms with E-state index < -0.39 is 0 Å². The summed E-state index contributed by atoms with van der Waals surface area (Å²) in [5.41, 5.74) is 2.23. The maximum absolute atomic E-state index is 6.16. The Balaban J connectivity index is 0.00000225. The molecule has 0 radical (unpaired) electrons. The van der Waals surface area contributed by atoms with E-state index in [1.807, 2.05) is 36.4 Å². The van der Waals surface area contributed by atoms with Gasteiger partial charge in [-0.2, -0.15) is 0 Å². The lowest BCUT2D eigenvalue weighted by Crippen LogP contribution is -2.37. The molecule has 2 aromatic rings. The van der Waals surface area contributed by atoms with Crippen molar-refractivity contribution in [3.8, 4) is 11.5 Å². The van der Waals surface area contributed by atoms with Gasteiger partial charge in [0.05, 0.1) is 0 Å². The van der Waals surface area contributed by atoms with E-state index in [-0.39, 0.29) is 24.0 Å². The van der Waals surface area contributed by atoms with Crippen LogP contribution < -0.4 is 20.1 Å². The van der Waals surface area contributed by atoms with Gasteiger partial charge in [0.2, 0.25) is 6.79 Å². The number of nitrogens with one attached hydrogen (secondary N) is 2. The summed E-state index contributed by atoms with van der Waals surface area (Å²) in [4.78, 5) is 4.23. The summed E-state index contributed by atoms with van der Waals surface area (Å²) in [5, 5.41) is 7.31. The number of fused-ring (bicyclic) bond motifs is 1. The number of guanidine groups is 1. The average Bonchev–Trinajstić information content (AvgIpc) is 3.07. The summed E-state index contributed by atoms with van der Waals surface area (Å²) >= 11 is 6.16. The maximum Gasteiger partial charge on any atom is 0.231 e. The Morgan fingerprint density at radius 3 is 2.72 bits per heavy atom. The van der Waals surface area contributed by atoms with Gasteiger partial charge in [0, 0.05) is 25.2 Å². The standard InChI is InChI=1S/C18H20ClN3O2.HI/c1-20-18(22-11-14-4-2-3-5-15(14)19)21-9-8-13-6-7-16-17(10-13)24-12-23-16;/h2-7,10H,8-9,11-12H2,1H3,(H2,20,21,22);1H. The summed E-state index contributed by atoms with van der Waals surface area (Å²) in [6.07, 6.45) is 0.865. The number of benzene rings is 2. The lowest BCUT2D eigenvalue weighted by atomic mass is 10.1. The van der Waals surface area contributed by atoms with Crippen LogP contribution in [0.1, 0.15) is 11.1 Å². The molecule has 1 heterocycles. The maximum atomic E-state index is 6.16. The summed E-state index contributed by atoms with van der Waals surface area (Å²) in [7, 11) is 1.75. The van der Waals surface area contributed by atoms with Crippen molar-refractivity contribution in [1.29, 1.82) is 0 Å². The molecule has 1 aliphatic heterocycles. The molecule has 5 nitrogen and oxygen atoms in total. The Kier molecular flexibility index (Phi) is 7.64. The highest BCUT2D eigenvalue weighted by Gasteiger charge is 2.12. The minimum atomic E-state index is 0. The highest BCUT2D eigenvalue weighted by molar-refractivity contribution is 14.0. The lowest BCUT2D eigenvalue weighted by molar-refractivity contribution is 0.174. The minimum absolute atomic E-state index is 0. The van der Waals surface area contributed by atoms with Crippen LogP contribution in [0.2, 0.25) is 5.02 Å². The second kappa shape index (κ2) is 9.72. The van der Waals surface area contributed by atoms with E-state index in [0.717, 1.165) is 41.0 Å². The van der Waals surface area contributed by atoms with Crippen LogP contribution in [0.3, 0.4) is 0 Å². The quantitative estimate of drug-likeness (QED) is 0.396. The summed E-state index contributed by atoms with van der Waals surface area (Å²) in [6.45, 7) is 1.70. The van der Waals surface area contributed by atoms with Crippen LogP contribution in [0.5, 0.6) is 11.5 Å². The molecule has 3 rings (SSSR count). The molecular formula is C18H21ClIN3O2. The Hall–Kier alpha value is -1.67. The smallest absolute Gasteiger partial charge is 0.231 e. The van der Waals surface area contributed by atoms with Crippen molar-refractivity contribution < 1.29 is 9.47 Å². The topological polar surface area (TPSA) is 54.9 Å². The van der Waals surface area contributed by atoms with Crippen LogP contribution in [0.25, 0.3) is 0 Å². The van der Waals surface area contributed by atoms with Crippen molar-refractivity contribution in [3.63, 3.8) is 0 Å². The van der Waals surface area contributed by atoms with Crippen LogP contribution in [0.15, 0.2) is 47.5 Å². The molecule has 1 aliphatic rings. The number of nitrogens with zero attached hydrogens (tertiary/aromatic N) is 1. The third kappa shape index (κ3) is 5.40. The molecule has 2 N–H and O–H groups in total. The molecule has 0 aromatic heterocycles. The first-order valence-electron chi connectivity index (χ1n) is 7.82. The first kappa shape index (κ1) is 19.7. The minimum Gasteiger partial charge on any atom is -0.454 e. The van der Waals surface area contributed by atoms with Gasteiger partial charge in [-0.1, -0.05) is 35.9 Å². The highest BCUT2D eigenvalue weighted by Crippen LogP contribution is 2.32. The van der Waals surface area contributed by atoms with Crippen molar-refractivity contribution in [2.75, 3.05) is 20.4 Å². The fraction of sp³-hybridized carbons (Fsp3) is 0.278. The number of halogens is 2. The Labute approximate surface area is 169 Å². The van der Waals surface area contributed by atoms with E-state index in [2.05, 4.69) is 21.7 Å². The predicted octanol–water partition coefficient (Wildman–Crippen LogP) is 3.59. The van der Waals surface area contributed by atoms with Gasteiger partial charge in [0.15, 0.2) is 17.5 Å². The zero-order chi connectivity index (χ0) is 16.8. The van der Waals surface area contributed by atoms with Crippen LogP contribution in [-0.4, -0.2) is 26.3 Å². The van der Waals surface area contributed by atoms with Gasteiger partial charge in [-0.15, -0.1) is 24.0 Å². The van der Waals surface area contributed by atoms with Gasteiger partial charge in [-0.05, 0) is 35.7 Å². The predicted molar refractivity (Wildman–Crippen MR) is 111 cm³/mol. The SMILES string of the molecule is CN=C(NCCc1ccc2c(c1)OCO2)NCc1ccccc1Cl.I. The fourth-order valence-corrected chi connectivity index (χ4v) is 2.67. The number of hydrogen-bond acceptors (Lipinski definition) is 3. The average molecular weight is 474 g/mol. The third-order valence-corrected chi connectivity index (χ3v) is 4.14. The normalized spacial score (nSPS) is 12.5. The lowest BCUT2D eigenvalue weighted by Gasteiger charge is -2.12. The molecule has 0 fully saturated rings. The summed E-state index contributed by atoms with van der Waals surface area (Å²) < 4.78 is 10.7. The number of ether oxygens (including phenoxy) is 2. The fourth-order valence-electron chi connectivity index (χ4n) is 2.46. The first-order valence-corrected chi connectivity index (χ1v) is 8.20. The zero-order valence-corrected chi connectivity index (χ0v) is 17.0. The Morgan fingerprint density at radius 2 is 1.92 bits per heavy atom. The van der Waals surface area contributed by atoms with Gasteiger partial charge in [-0.25, -0.2) is 0 Å². The first-order chi connectivity index (χ1) is 11.8. The van der Waals surface area contributed by atoms with Crippen LogP contribution in [0.4, 0.5) is 0 Å². The van der Waals surface area contributed by atoms with Gasteiger partial charge < -0.3 is 20.1 Å². The molecule has 134 valence electrons. The van der Waals surface area contributed by atoms with E-state index in [9.17, 15) is 0 Å². The molecule has 0 bridgehead atoms. The Morgan fingerprint density at radius 1 is 1.12 bits per heavy atom. The van der Waals surface area contributed by atoms with Gasteiger partial charge in [0.25, 0.3) is 0 Å². The second-order valence-electron chi connectivity index (χ2n) is 5.38. The van der Waals surface area contributed by atoms with Crippen molar-refractivity contribution >= 4 is 41.5 Å². The van der Waals surface area contributed by atoms with E-state index in [4.69, 9.17) is 21.1 Å². The van der Waals surface area contributed by atoms with Crippen molar-refractivity contribution in [2.45, 2.75) is 13.0 Å². The molecule has 25 heavy (non-hydrogen) atoms. The van der Waals surface area contributed by atoms with Crippen LogP contribution in [0, 0.1) is 0 Å². The largest absolute Gasteiger partial charge is 0.454 e. The highest BCUT2D eigenvalue weighted by atomic mass is 127. The van der Waals surface area contributed by atoms with Crippen molar-refractivity contribution in [3.05, 3.63) is 58.6 Å². The summed E-state index contributed by atoms with van der Waals surface area (Å²) in [5.74, 6) is 2.37. The third-order valence-electron chi connectivity index (χ3n) is 3.77. The van der Waals surface area contributed by atoms with Crippen LogP contribution in [-0.2, 0) is 13.0 Å². The molecule has 0 atom stereocenters. The number of hydrogen-bond donors (Lipinski definition) is 2. The molecule has 0 unspecified atom stereocenters. The van der Waals surface area contributed by atoms with E-state index in [0.29, 0.717) is 13.3 Å². The zero-order valence-electron chi connectivity index (χ0n) is 13.9. The number of aliphatic imine (C=N–C) groups is 1. The van der Waals surface area contributed by atoms with E-state index in [1.54, 1.807) is 7.05 Å². The van der Waals surface area contributed by atoms with Crippen molar-refractivity contribution in [2.24, 2.45) is 4.99 Å². The van der Waals surface area contributed by atoms with E-state index in [1.165, 1.54) is 5.56 Å². The van der Waals surface area contributed by atoms with Crippen molar-refractivity contribution in [1.82, 2.24) is 10.6 Å². The molecule has 0 amide bonds. The van der Waals surface area contributed by atoms with Gasteiger partial charge >= 0.3 is 0 Å². The Bertz CT molecular complexity index is 740. The second-order valence-corrected chi connectivity index (χ2v) is 5.79. The molecular weight excluding hydrogens is 453 g/mol. The van der Waals surface area contributed by atoms with Gasteiger partial charge in [0.1, 0.15) is 0 Å². The summed E-state index contributed by atoms with van der Waals surface area (Å²) in [6, 6.07) is 13.8.